The Morgan fingerprint density at radius 2 is 2.06 bits per heavy atom. The number of halogens is 1. The number of Topliss-reactive ketones (excluding diaryl/α,β-unsaturated/α-hetero) is 1. The number of aryl methyl sites for hydroxylation is 1. The van der Waals surface area contributed by atoms with Gasteiger partial charge >= 0.3 is 0 Å². The molecule has 1 N–H and O–H groups in total. The maximum absolute atomic E-state index is 11.6. The summed E-state index contributed by atoms with van der Waals surface area (Å²) in [6, 6.07) is 1.83. The van der Waals surface area contributed by atoms with E-state index in [0.29, 0.717) is 25.1 Å². The number of carbonyl (C=O) groups excluding carboxylic acids is 2. The number of nitrogens with one attached hydrogen (secondary N) is 1. The molecule has 1 amide bonds. The van der Waals surface area contributed by atoms with Gasteiger partial charge in [-0.25, -0.2) is 0 Å². The van der Waals surface area contributed by atoms with Gasteiger partial charge in [0.2, 0.25) is 5.91 Å². The van der Waals surface area contributed by atoms with Crippen LogP contribution in [-0.4, -0.2) is 28.7 Å². The van der Waals surface area contributed by atoms with Crippen molar-refractivity contribution in [3.63, 3.8) is 0 Å². The average Bonchev–Trinajstić information content (AvgIpc) is 2.62. The highest BCUT2D eigenvalue weighted by Crippen LogP contribution is 2.16. The Morgan fingerprint density at radius 1 is 1.39 bits per heavy atom. The van der Waals surface area contributed by atoms with Crippen LogP contribution < -0.4 is 5.32 Å². The number of aromatic nitrogens is 1. The minimum absolute atomic E-state index is 0.0133. The van der Waals surface area contributed by atoms with Gasteiger partial charge in [-0.15, -0.1) is 11.6 Å². The molecule has 1 aromatic heterocycles. The fourth-order valence-corrected chi connectivity index (χ4v) is 2.14. The van der Waals surface area contributed by atoms with E-state index in [1.54, 1.807) is 0 Å². The Hall–Kier alpha value is -1.29. The van der Waals surface area contributed by atoms with E-state index in [2.05, 4.69) is 5.32 Å². The lowest BCUT2D eigenvalue weighted by Gasteiger charge is -2.09. The van der Waals surface area contributed by atoms with Crippen LogP contribution in [0.2, 0.25) is 0 Å². The van der Waals surface area contributed by atoms with Crippen LogP contribution in [0.15, 0.2) is 6.07 Å². The largest absolute Gasteiger partial charge is 0.356 e. The molecule has 0 fully saturated rings. The fraction of sp³-hybridized carbons (Fsp3) is 0.538. The van der Waals surface area contributed by atoms with E-state index in [0.717, 1.165) is 11.4 Å². The maximum atomic E-state index is 11.6. The summed E-state index contributed by atoms with van der Waals surface area (Å²) in [7, 11) is 0. The molecule has 0 aliphatic rings. The SMILES string of the molecule is CCNC(=O)CCn1c(C)cc(C(=O)CCl)c1C. The van der Waals surface area contributed by atoms with Crippen molar-refractivity contribution in [2.45, 2.75) is 33.7 Å². The predicted molar refractivity (Wildman–Crippen MR) is 72.3 cm³/mol. The normalized spacial score (nSPS) is 10.4. The summed E-state index contributed by atoms with van der Waals surface area (Å²) in [5.74, 6) is -0.0649. The van der Waals surface area contributed by atoms with Gasteiger partial charge in [0.15, 0.2) is 5.78 Å². The van der Waals surface area contributed by atoms with Crippen LogP contribution in [0.1, 0.15) is 35.1 Å². The zero-order valence-corrected chi connectivity index (χ0v) is 11.8. The monoisotopic (exact) mass is 270 g/mol. The fourth-order valence-electron chi connectivity index (χ4n) is 2.00. The van der Waals surface area contributed by atoms with Gasteiger partial charge in [0.25, 0.3) is 0 Å². The number of hydrogen-bond donors (Lipinski definition) is 1. The molecule has 0 spiro atoms. The first-order chi connectivity index (χ1) is 8.51. The molecule has 0 aliphatic heterocycles. The summed E-state index contributed by atoms with van der Waals surface area (Å²) < 4.78 is 1.98. The minimum Gasteiger partial charge on any atom is -0.356 e. The van der Waals surface area contributed by atoms with Gasteiger partial charge < -0.3 is 9.88 Å². The van der Waals surface area contributed by atoms with Gasteiger partial charge in [0.1, 0.15) is 0 Å². The average molecular weight is 271 g/mol. The molecule has 100 valence electrons. The summed E-state index contributed by atoms with van der Waals surface area (Å²) in [4.78, 5) is 23.0. The minimum atomic E-state index is -0.0750. The molecule has 0 radical (unpaired) electrons. The van der Waals surface area contributed by atoms with Crippen LogP contribution in [0.25, 0.3) is 0 Å². The van der Waals surface area contributed by atoms with E-state index in [9.17, 15) is 9.59 Å². The Morgan fingerprint density at radius 3 is 2.61 bits per heavy atom. The van der Waals surface area contributed by atoms with Crippen molar-refractivity contribution in [1.29, 1.82) is 0 Å². The van der Waals surface area contributed by atoms with Crippen LogP contribution in [0, 0.1) is 13.8 Å². The Labute approximate surface area is 112 Å². The highest BCUT2D eigenvalue weighted by Gasteiger charge is 2.15. The Balaban J connectivity index is 2.81. The molecule has 0 bridgehead atoms. The zero-order valence-electron chi connectivity index (χ0n) is 11.0. The van der Waals surface area contributed by atoms with Gasteiger partial charge in [-0.05, 0) is 26.8 Å². The van der Waals surface area contributed by atoms with E-state index in [4.69, 9.17) is 11.6 Å². The number of alkyl halides is 1. The molecule has 0 saturated carbocycles. The molecule has 0 atom stereocenters. The summed E-state index contributed by atoms with van der Waals surface area (Å²) in [5.41, 5.74) is 2.51. The van der Waals surface area contributed by atoms with Crippen molar-refractivity contribution in [2.75, 3.05) is 12.4 Å². The number of carbonyl (C=O) groups is 2. The van der Waals surface area contributed by atoms with Crippen LogP contribution in [0.4, 0.5) is 0 Å². The molecule has 1 aromatic rings. The quantitative estimate of drug-likeness (QED) is 0.635. The topological polar surface area (TPSA) is 51.1 Å². The third kappa shape index (κ3) is 3.35. The van der Waals surface area contributed by atoms with Crippen molar-refractivity contribution < 1.29 is 9.59 Å². The molecule has 0 saturated heterocycles. The van der Waals surface area contributed by atoms with E-state index in [1.165, 1.54) is 0 Å². The predicted octanol–water partition coefficient (Wildman–Crippen LogP) is 2.05. The van der Waals surface area contributed by atoms with Crippen LogP contribution in [-0.2, 0) is 11.3 Å². The number of amides is 1. The van der Waals surface area contributed by atoms with Gasteiger partial charge in [0.05, 0.1) is 5.88 Å². The second-order valence-corrected chi connectivity index (χ2v) is 4.46. The third-order valence-electron chi connectivity index (χ3n) is 2.93. The molecule has 1 rings (SSSR count). The van der Waals surface area contributed by atoms with Crippen LogP contribution in [0.3, 0.4) is 0 Å². The Bertz CT molecular complexity index is 452. The maximum Gasteiger partial charge on any atom is 0.221 e. The Kier molecular flexibility index (Phi) is 5.41. The molecule has 0 aromatic carbocycles. The van der Waals surface area contributed by atoms with Crippen molar-refractivity contribution in [2.24, 2.45) is 0 Å². The highest BCUT2D eigenvalue weighted by atomic mass is 35.5. The van der Waals surface area contributed by atoms with Crippen molar-refractivity contribution in [1.82, 2.24) is 9.88 Å². The molecule has 0 unspecified atom stereocenters. The third-order valence-corrected chi connectivity index (χ3v) is 3.17. The first kappa shape index (κ1) is 14.8. The number of rotatable bonds is 6. The molecule has 4 nitrogen and oxygen atoms in total. The lowest BCUT2D eigenvalue weighted by Crippen LogP contribution is -2.24. The van der Waals surface area contributed by atoms with E-state index in [-0.39, 0.29) is 17.6 Å². The second kappa shape index (κ2) is 6.59. The molecule has 5 heteroatoms. The van der Waals surface area contributed by atoms with Crippen LogP contribution >= 0.6 is 11.6 Å². The summed E-state index contributed by atoms with van der Waals surface area (Å²) in [6.07, 6.45) is 0.415. The number of ketones is 1. The summed E-state index contributed by atoms with van der Waals surface area (Å²) >= 11 is 5.57. The smallest absolute Gasteiger partial charge is 0.221 e. The van der Waals surface area contributed by atoms with Gasteiger partial charge in [0, 0.05) is 36.5 Å². The van der Waals surface area contributed by atoms with Gasteiger partial charge in [-0.1, -0.05) is 0 Å². The van der Waals surface area contributed by atoms with Gasteiger partial charge in [-0.2, -0.15) is 0 Å². The highest BCUT2D eigenvalue weighted by molar-refractivity contribution is 6.30. The van der Waals surface area contributed by atoms with Crippen molar-refractivity contribution in [3.8, 4) is 0 Å². The zero-order chi connectivity index (χ0) is 13.7. The second-order valence-electron chi connectivity index (χ2n) is 4.20. The summed E-state index contributed by atoms with van der Waals surface area (Å²) in [5, 5.41) is 2.76. The molecule has 18 heavy (non-hydrogen) atoms. The first-order valence-electron chi connectivity index (χ1n) is 6.03. The summed E-state index contributed by atoms with van der Waals surface area (Å²) in [6.45, 7) is 6.92. The van der Waals surface area contributed by atoms with Crippen molar-refractivity contribution in [3.05, 3.63) is 23.0 Å². The molecule has 1 heterocycles. The molecule has 0 aliphatic carbocycles. The standard InChI is InChI=1S/C13H19ClN2O2/c1-4-15-13(18)5-6-16-9(2)7-11(10(16)3)12(17)8-14/h7H,4-6,8H2,1-3H3,(H,15,18). The van der Waals surface area contributed by atoms with E-state index < -0.39 is 0 Å². The molecular formula is C13H19ClN2O2. The van der Waals surface area contributed by atoms with Gasteiger partial charge in [-0.3, -0.25) is 9.59 Å². The number of hydrogen-bond acceptors (Lipinski definition) is 2. The first-order valence-corrected chi connectivity index (χ1v) is 6.57. The van der Waals surface area contributed by atoms with E-state index >= 15 is 0 Å². The lowest BCUT2D eigenvalue weighted by molar-refractivity contribution is -0.121. The molecular weight excluding hydrogens is 252 g/mol. The van der Waals surface area contributed by atoms with Crippen LogP contribution in [0.5, 0.6) is 0 Å². The van der Waals surface area contributed by atoms with E-state index in [1.807, 2.05) is 31.4 Å². The van der Waals surface area contributed by atoms with Crippen molar-refractivity contribution >= 4 is 23.3 Å². The number of nitrogens with zero attached hydrogens (tertiary/aromatic N) is 1. The lowest BCUT2D eigenvalue weighted by atomic mass is 10.2.